The third-order valence-electron chi connectivity index (χ3n) is 9.85. The molecule has 2 aromatic rings. The maximum Gasteiger partial charge on any atom is 0.508 e. The molecule has 0 amide bonds. The molecule has 5 atom stereocenters. The van der Waals surface area contributed by atoms with Gasteiger partial charge in [-0.2, -0.15) is 0 Å². The van der Waals surface area contributed by atoms with Crippen LogP contribution in [0.15, 0.2) is 64.3 Å². The number of nitrogens with one attached hydrogen (secondary N) is 2. The molecule has 1 aromatic carbocycles. The summed E-state index contributed by atoms with van der Waals surface area (Å²) in [5, 5.41) is 3.38. The molecule has 2 heterocycles. The number of ether oxygens (including phenoxy) is 3. The summed E-state index contributed by atoms with van der Waals surface area (Å²) in [5.41, 5.74) is -0.575. The van der Waals surface area contributed by atoms with Crippen LogP contribution in [0.4, 0.5) is 4.79 Å². The van der Waals surface area contributed by atoms with Gasteiger partial charge in [0.25, 0.3) is 5.56 Å². The molecule has 0 aliphatic carbocycles. The van der Waals surface area contributed by atoms with Crippen LogP contribution in [0.3, 0.4) is 0 Å². The van der Waals surface area contributed by atoms with Crippen molar-refractivity contribution in [2.75, 3.05) is 20.3 Å². The summed E-state index contributed by atoms with van der Waals surface area (Å²) in [6.07, 6.45) is 21.9. The fraction of sp³-hybridized carbons (Fsp3) is 0.659. The number of phosphoric ester groups is 1. The van der Waals surface area contributed by atoms with Crippen LogP contribution in [0.5, 0.6) is 0 Å². The number of benzene rings is 1. The first kappa shape index (κ1) is 47.2. The number of aromatic nitrogens is 2. The zero-order valence-electron chi connectivity index (χ0n) is 33.3. The highest BCUT2D eigenvalue weighted by atomic mass is 32.1. The van der Waals surface area contributed by atoms with Gasteiger partial charge in [-0.15, -0.1) is 0 Å². The lowest BCUT2D eigenvalue weighted by molar-refractivity contribution is -0.0605. The van der Waals surface area contributed by atoms with Crippen molar-refractivity contribution in [1.29, 1.82) is 0 Å². The maximum absolute atomic E-state index is 12.8. The molecule has 0 spiro atoms. The molecule has 1 saturated heterocycles. The molecule has 1 aliphatic rings. The molecule has 0 saturated carbocycles. The third kappa shape index (κ3) is 18.9. The largest absolute Gasteiger partial charge is 0.508 e. The van der Waals surface area contributed by atoms with E-state index in [1.807, 2.05) is 30.4 Å². The molecule has 3 N–H and O–H groups in total. The van der Waals surface area contributed by atoms with Gasteiger partial charge in [-0.05, 0) is 44.1 Å². The van der Waals surface area contributed by atoms with E-state index >= 15 is 0 Å². The highest BCUT2D eigenvalue weighted by Crippen LogP contribution is 2.50. The van der Waals surface area contributed by atoms with Crippen LogP contribution in [0, 0.1) is 5.92 Å². The summed E-state index contributed by atoms with van der Waals surface area (Å²) in [6, 6.07) is 10.2. The van der Waals surface area contributed by atoms with Crippen LogP contribution in [-0.2, 0) is 34.4 Å². The number of H-pyrrole nitrogens is 1. The number of carbonyl (C=O) groups excluding carboxylic acids is 1. The minimum absolute atomic E-state index is 0.0221. The number of carbonyl (C=O) groups is 1. The number of unbranched alkanes of at least 4 members (excludes halogenated alkanes) is 14. The van der Waals surface area contributed by atoms with Crippen LogP contribution in [0.25, 0.3) is 0 Å². The molecule has 2 unspecified atom stereocenters. The predicted octanol–water partition coefficient (Wildman–Crippen LogP) is 9.05. The molecule has 1 aliphatic heterocycles. The Balaban J connectivity index is 1.43. The lowest BCUT2D eigenvalue weighted by Crippen LogP contribution is -2.35. The Bertz CT molecular complexity index is 1600. The van der Waals surface area contributed by atoms with Crippen LogP contribution >= 0.6 is 20.0 Å². The van der Waals surface area contributed by atoms with Gasteiger partial charge in [-0.25, -0.2) is 14.2 Å². The maximum atomic E-state index is 12.8. The standard InChI is InChI=1S/C41H64N3O10PS/c1-3-4-5-6-7-8-9-10-11-12-13-16-22-27-37(56)42-29-23-17-14-15-21-26-34-38(54-55(48,49)50-2)35(53-39(34)44-30-28-36(45)43-40(44)46)32-52-41(47)51-31-33-24-19-18-20-25-33/h15,18-21,24-25,28,30,34-35,38-39H,3-14,16-17,22-23,26-27,29,31-32H2,1-2H3,(H,42,56)(H,48,49)(H,43,45,46)/b21-15+/t34-,35+,38?,39+/m0/s1. The molecule has 56 heavy (non-hydrogen) atoms. The fourth-order valence-electron chi connectivity index (χ4n) is 6.71. The van der Waals surface area contributed by atoms with Gasteiger partial charge in [0.15, 0.2) is 0 Å². The van der Waals surface area contributed by atoms with Gasteiger partial charge in [0.05, 0.1) is 4.99 Å². The smallest absolute Gasteiger partial charge is 0.431 e. The lowest BCUT2D eigenvalue weighted by atomic mass is 9.95. The second-order valence-electron chi connectivity index (χ2n) is 14.3. The zero-order chi connectivity index (χ0) is 40.4. The molecule has 314 valence electrons. The fourth-order valence-corrected chi connectivity index (χ4v) is 7.64. The Morgan fingerprint density at radius 3 is 2.23 bits per heavy atom. The summed E-state index contributed by atoms with van der Waals surface area (Å²) >= 11 is 5.55. The predicted molar refractivity (Wildman–Crippen MR) is 222 cm³/mol. The highest BCUT2D eigenvalue weighted by Gasteiger charge is 2.49. The van der Waals surface area contributed by atoms with Crippen molar-refractivity contribution in [3.05, 3.63) is 81.1 Å². The average molecular weight is 822 g/mol. The third-order valence-corrected chi connectivity index (χ3v) is 11.2. The van der Waals surface area contributed by atoms with Gasteiger partial charge in [-0.1, -0.05) is 139 Å². The van der Waals surface area contributed by atoms with Gasteiger partial charge in [-0.3, -0.25) is 23.4 Å². The number of hydrogen-bond acceptors (Lipinski definition) is 10. The Kier molecular flexibility index (Phi) is 23.2. The average Bonchev–Trinajstić information content (AvgIpc) is 3.51. The van der Waals surface area contributed by atoms with Gasteiger partial charge in [0, 0.05) is 31.8 Å². The second-order valence-corrected chi connectivity index (χ2v) is 16.4. The van der Waals surface area contributed by atoms with Crippen LogP contribution in [0.2, 0.25) is 0 Å². The second kappa shape index (κ2) is 27.5. The van der Waals surface area contributed by atoms with E-state index < -0.39 is 56.2 Å². The van der Waals surface area contributed by atoms with E-state index in [1.165, 1.54) is 93.9 Å². The number of aromatic amines is 1. The lowest BCUT2D eigenvalue weighted by Gasteiger charge is -2.25. The molecule has 3 rings (SSSR count). The van der Waals surface area contributed by atoms with E-state index in [4.69, 9.17) is 35.5 Å². The van der Waals surface area contributed by atoms with Crippen LogP contribution in [0.1, 0.15) is 134 Å². The molecule has 0 radical (unpaired) electrons. The first-order valence-corrected chi connectivity index (χ1v) is 22.3. The number of rotatable bonds is 29. The number of nitrogens with zero attached hydrogens (tertiary/aromatic N) is 1. The molecule has 13 nitrogen and oxygen atoms in total. The number of allylic oxidation sites excluding steroid dienone is 2. The number of phosphoric acid groups is 1. The first-order valence-electron chi connectivity index (χ1n) is 20.4. The Labute approximate surface area is 337 Å². The van der Waals surface area contributed by atoms with Crippen LogP contribution in [-0.4, -0.2) is 58.1 Å². The van der Waals surface area contributed by atoms with Crippen molar-refractivity contribution in [1.82, 2.24) is 14.9 Å². The number of hydrogen-bond donors (Lipinski definition) is 3. The Morgan fingerprint density at radius 2 is 1.59 bits per heavy atom. The van der Waals surface area contributed by atoms with Crippen molar-refractivity contribution in [3.63, 3.8) is 0 Å². The summed E-state index contributed by atoms with van der Waals surface area (Å²) in [5.74, 6) is -0.719. The molecule has 0 bridgehead atoms. The van der Waals surface area contributed by atoms with Crippen molar-refractivity contribution < 1.29 is 37.5 Å². The van der Waals surface area contributed by atoms with Gasteiger partial charge in [0.1, 0.15) is 31.6 Å². The molecule has 1 aromatic heterocycles. The molecular formula is C41H64N3O10PS. The molecule has 1 fully saturated rings. The normalized spacial score (nSPS) is 19.2. The van der Waals surface area contributed by atoms with Crippen molar-refractivity contribution in [2.45, 2.75) is 148 Å². The van der Waals surface area contributed by atoms with Crippen LogP contribution < -0.4 is 16.6 Å². The Morgan fingerprint density at radius 1 is 0.929 bits per heavy atom. The van der Waals surface area contributed by atoms with E-state index in [2.05, 4.69) is 17.2 Å². The first-order chi connectivity index (χ1) is 27.1. The topological polar surface area (TPSA) is 167 Å². The van der Waals surface area contributed by atoms with Crippen molar-refractivity contribution in [3.8, 4) is 0 Å². The van der Waals surface area contributed by atoms with E-state index in [-0.39, 0.29) is 13.0 Å². The van der Waals surface area contributed by atoms with E-state index in [0.717, 1.165) is 56.3 Å². The SMILES string of the molecule is CCCCCCCCCCCCCCCC(=S)NCCCC/C=C/C[C@H]1C(OP(=O)(O)OC)[C@@H](COC(=O)OCc2ccccc2)O[C@H]1n1ccc(=O)[nH]c1=O. The van der Waals surface area contributed by atoms with E-state index in [1.54, 1.807) is 12.1 Å². The number of thiocarbonyl (C=S) groups is 1. The van der Waals surface area contributed by atoms with E-state index in [0.29, 0.717) is 0 Å². The van der Waals surface area contributed by atoms with Crippen molar-refractivity contribution in [2.24, 2.45) is 5.92 Å². The van der Waals surface area contributed by atoms with E-state index in [9.17, 15) is 23.8 Å². The monoisotopic (exact) mass is 821 g/mol. The molecular weight excluding hydrogens is 758 g/mol. The quantitative estimate of drug-likeness (QED) is 0.0235. The zero-order valence-corrected chi connectivity index (χ0v) is 35.0. The van der Waals surface area contributed by atoms with Gasteiger partial charge < -0.3 is 24.4 Å². The summed E-state index contributed by atoms with van der Waals surface area (Å²) in [7, 11) is -3.53. The Hall–Kier alpha value is -3.13. The highest BCUT2D eigenvalue weighted by molar-refractivity contribution is 7.80. The summed E-state index contributed by atoms with van der Waals surface area (Å²) in [4.78, 5) is 50.5. The van der Waals surface area contributed by atoms with Crippen molar-refractivity contribution >= 4 is 31.2 Å². The molecule has 15 heteroatoms. The minimum Gasteiger partial charge on any atom is -0.431 e. The van der Waals surface area contributed by atoms with Gasteiger partial charge >= 0.3 is 19.7 Å². The summed E-state index contributed by atoms with van der Waals surface area (Å²) in [6.45, 7) is 2.63. The summed E-state index contributed by atoms with van der Waals surface area (Å²) < 4.78 is 40.7. The minimum atomic E-state index is -4.56. The van der Waals surface area contributed by atoms with Gasteiger partial charge in [0.2, 0.25) is 0 Å².